The molecule has 0 unspecified atom stereocenters. The second kappa shape index (κ2) is 7.58. The molecule has 27 heavy (non-hydrogen) atoms. The number of nitrogens with zero attached hydrogens (tertiary/aromatic N) is 2. The number of hydrogen-bond donors (Lipinski definition) is 0. The van der Waals surface area contributed by atoms with E-state index in [2.05, 4.69) is 0 Å². The standard InChI is InChI=1S/C20H26N2O5/c1-20(2,3)27-19(25)22-15-9-17(23)10-16(22)12-21(11-15)18(24)26-13-14-7-5-4-6-8-14/h4-8,15-16H,9-13H2,1-3H3/t15-,16+. The van der Waals surface area contributed by atoms with Gasteiger partial charge in [0.25, 0.3) is 0 Å². The van der Waals surface area contributed by atoms with Crippen LogP contribution in [-0.2, 0) is 20.9 Å². The molecule has 7 heteroatoms. The highest BCUT2D eigenvalue weighted by atomic mass is 16.6. The first kappa shape index (κ1) is 19.2. The molecule has 0 radical (unpaired) electrons. The number of amides is 2. The number of piperidine rings is 1. The van der Waals surface area contributed by atoms with Crippen LogP contribution < -0.4 is 0 Å². The molecule has 2 fully saturated rings. The normalized spacial score (nSPS) is 22.4. The monoisotopic (exact) mass is 374 g/mol. The van der Waals surface area contributed by atoms with Crippen LogP contribution in [0.3, 0.4) is 0 Å². The van der Waals surface area contributed by atoms with Crippen LogP contribution in [0.5, 0.6) is 0 Å². The Morgan fingerprint density at radius 1 is 1.04 bits per heavy atom. The fourth-order valence-electron chi connectivity index (χ4n) is 3.56. The summed E-state index contributed by atoms with van der Waals surface area (Å²) in [5.74, 6) is 0.113. The average Bonchev–Trinajstić information content (AvgIpc) is 2.57. The highest BCUT2D eigenvalue weighted by Crippen LogP contribution is 2.29. The van der Waals surface area contributed by atoms with Gasteiger partial charge in [-0.2, -0.15) is 0 Å². The Morgan fingerprint density at radius 2 is 1.63 bits per heavy atom. The van der Waals surface area contributed by atoms with Crippen LogP contribution in [0.4, 0.5) is 9.59 Å². The smallest absolute Gasteiger partial charge is 0.410 e. The minimum absolute atomic E-state index is 0.113. The molecule has 0 spiro atoms. The predicted molar refractivity (Wildman–Crippen MR) is 98.1 cm³/mol. The van der Waals surface area contributed by atoms with Gasteiger partial charge in [-0.3, -0.25) is 9.69 Å². The van der Waals surface area contributed by atoms with Crippen LogP contribution in [0.2, 0.25) is 0 Å². The van der Waals surface area contributed by atoms with Gasteiger partial charge in [0.2, 0.25) is 0 Å². The van der Waals surface area contributed by atoms with E-state index in [-0.39, 0.29) is 50.4 Å². The molecule has 3 rings (SSSR count). The van der Waals surface area contributed by atoms with Crippen molar-refractivity contribution in [3.05, 3.63) is 35.9 Å². The number of carbonyl (C=O) groups is 3. The third-order valence-corrected chi connectivity index (χ3v) is 4.64. The highest BCUT2D eigenvalue weighted by molar-refractivity contribution is 5.84. The highest BCUT2D eigenvalue weighted by Gasteiger charge is 2.46. The van der Waals surface area contributed by atoms with Crippen LogP contribution in [0.25, 0.3) is 0 Å². The van der Waals surface area contributed by atoms with E-state index in [0.29, 0.717) is 0 Å². The van der Waals surface area contributed by atoms with Crippen molar-refractivity contribution in [2.75, 3.05) is 13.1 Å². The molecule has 2 saturated heterocycles. The van der Waals surface area contributed by atoms with Gasteiger partial charge in [0.1, 0.15) is 18.0 Å². The largest absolute Gasteiger partial charge is 0.445 e. The lowest BCUT2D eigenvalue weighted by molar-refractivity contribution is -0.128. The number of likely N-dealkylation sites (tertiary alicyclic amines) is 1. The van der Waals surface area contributed by atoms with Crippen LogP contribution in [-0.4, -0.2) is 58.5 Å². The fraction of sp³-hybridized carbons (Fsp3) is 0.550. The quantitative estimate of drug-likeness (QED) is 0.795. The van der Waals surface area contributed by atoms with Crippen LogP contribution in [0, 0.1) is 0 Å². The van der Waals surface area contributed by atoms with Gasteiger partial charge >= 0.3 is 12.2 Å². The van der Waals surface area contributed by atoms with Crippen molar-refractivity contribution >= 4 is 18.0 Å². The number of hydrogen-bond acceptors (Lipinski definition) is 5. The second-order valence-corrected chi connectivity index (χ2v) is 8.09. The van der Waals surface area contributed by atoms with Crippen molar-refractivity contribution in [2.24, 2.45) is 0 Å². The Morgan fingerprint density at radius 3 is 2.19 bits per heavy atom. The van der Waals surface area contributed by atoms with Gasteiger partial charge in [0, 0.05) is 25.9 Å². The molecule has 1 aromatic rings. The van der Waals surface area contributed by atoms with Crippen molar-refractivity contribution in [1.82, 2.24) is 9.80 Å². The first-order valence-electron chi connectivity index (χ1n) is 9.21. The number of benzene rings is 1. The summed E-state index contributed by atoms with van der Waals surface area (Å²) in [7, 11) is 0. The van der Waals surface area contributed by atoms with E-state index in [0.717, 1.165) is 5.56 Å². The maximum absolute atomic E-state index is 12.6. The summed E-state index contributed by atoms with van der Waals surface area (Å²) >= 11 is 0. The summed E-state index contributed by atoms with van der Waals surface area (Å²) in [5, 5.41) is 0. The summed E-state index contributed by atoms with van der Waals surface area (Å²) in [6, 6.07) is 8.72. The molecule has 1 aromatic carbocycles. The summed E-state index contributed by atoms with van der Waals surface area (Å²) in [4.78, 5) is 40.3. The molecule has 7 nitrogen and oxygen atoms in total. The van der Waals surface area contributed by atoms with Gasteiger partial charge in [-0.15, -0.1) is 0 Å². The van der Waals surface area contributed by atoms with E-state index in [1.807, 2.05) is 51.1 Å². The number of ketones is 1. The zero-order chi connectivity index (χ0) is 19.6. The average molecular weight is 374 g/mol. The summed E-state index contributed by atoms with van der Waals surface area (Å²) in [6.07, 6.45) is -0.384. The van der Waals surface area contributed by atoms with Crippen LogP contribution >= 0.6 is 0 Å². The Kier molecular flexibility index (Phi) is 5.39. The molecular formula is C20H26N2O5. The first-order chi connectivity index (χ1) is 12.7. The Hall–Kier alpha value is -2.57. The van der Waals surface area contributed by atoms with Crippen molar-refractivity contribution in [3.63, 3.8) is 0 Å². The lowest BCUT2D eigenvalue weighted by atomic mass is 9.91. The van der Waals surface area contributed by atoms with Gasteiger partial charge in [-0.05, 0) is 26.3 Å². The summed E-state index contributed by atoms with van der Waals surface area (Å²) in [6.45, 7) is 6.17. The van der Waals surface area contributed by atoms with E-state index in [9.17, 15) is 14.4 Å². The topological polar surface area (TPSA) is 76.2 Å². The van der Waals surface area contributed by atoms with Gasteiger partial charge in [0.05, 0.1) is 12.1 Å². The molecule has 0 saturated carbocycles. The number of ether oxygens (including phenoxy) is 2. The van der Waals surface area contributed by atoms with E-state index < -0.39 is 17.8 Å². The molecule has 0 aromatic heterocycles. The summed E-state index contributed by atoms with van der Waals surface area (Å²) in [5.41, 5.74) is 0.301. The zero-order valence-corrected chi connectivity index (χ0v) is 16.0. The van der Waals surface area contributed by atoms with Gasteiger partial charge < -0.3 is 14.4 Å². The Bertz CT molecular complexity index is 695. The number of rotatable bonds is 2. The lowest BCUT2D eigenvalue weighted by Gasteiger charge is -2.48. The molecule has 2 amide bonds. The zero-order valence-electron chi connectivity index (χ0n) is 16.0. The molecule has 2 bridgehead atoms. The number of Topliss-reactive ketones (excluding diaryl/α,β-unsaturated/α-hetero) is 1. The molecule has 2 aliphatic rings. The first-order valence-corrected chi connectivity index (χ1v) is 9.21. The molecule has 2 heterocycles. The van der Waals surface area contributed by atoms with E-state index in [1.165, 1.54) is 0 Å². The van der Waals surface area contributed by atoms with Crippen LogP contribution in [0.1, 0.15) is 39.2 Å². The molecule has 2 atom stereocenters. The van der Waals surface area contributed by atoms with Gasteiger partial charge in [0.15, 0.2) is 0 Å². The predicted octanol–water partition coefficient (Wildman–Crippen LogP) is 2.98. The maximum atomic E-state index is 12.6. The molecule has 0 N–H and O–H groups in total. The number of carbonyl (C=O) groups excluding carboxylic acids is 3. The van der Waals surface area contributed by atoms with Crippen molar-refractivity contribution in [2.45, 2.75) is 57.9 Å². The van der Waals surface area contributed by atoms with Crippen LogP contribution in [0.15, 0.2) is 30.3 Å². The molecular weight excluding hydrogens is 348 g/mol. The Balaban J connectivity index is 1.64. The van der Waals surface area contributed by atoms with Crippen molar-refractivity contribution < 1.29 is 23.9 Å². The second-order valence-electron chi connectivity index (χ2n) is 8.09. The van der Waals surface area contributed by atoms with Gasteiger partial charge in [-0.1, -0.05) is 30.3 Å². The van der Waals surface area contributed by atoms with E-state index >= 15 is 0 Å². The van der Waals surface area contributed by atoms with Gasteiger partial charge in [-0.25, -0.2) is 9.59 Å². The summed E-state index contributed by atoms with van der Waals surface area (Å²) < 4.78 is 10.9. The third kappa shape index (κ3) is 4.78. The molecule has 0 aliphatic carbocycles. The minimum atomic E-state index is -0.610. The lowest BCUT2D eigenvalue weighted by Crippen LogP contribution is -2.65. The number of piperazine rings is 1. The molecule has 146 valence electrons. The fourth-order valence-corrected chi connectivity index (χ4v) is 3.56. The van der Waals surface area contributed by atoms with Crippen molar-refractivity contribution in [1.29, 1.82) is 0 Å². The minimum Gasteiger partial charge on any atom is -0.445 e. The van der Waals surface area contributed by atoms with E-state index in [4.69, 9.17) is 9.47 Å². The number of fused-ring (bicyclic) bond motifs is 2. The third-order valence-electron chi connectivity index (χ3n) is 4.64. The Labute approximate surface area is 159 Å². The molecule has 2 aliphatic heterocycles. The van der Waals surface area contributed by atoms with E-state index in [1.54, 1.807) is 9.80 Å². The SMILES string of the molecule is CC(C)(C)OC(=O)N1[C@@H]2CC(=O)C[C@H]1CN(C(=O)OCc1ccccc1)C2. The van der Waals surface area contributed by atoms with Crippen molar-refractivity contribution in [3.8, 4) is 0 Å². The maximum Gasteiger partial charge on any atom is 0.410 e.